The summed E-state index contributed by atoms with van der Waals surface area (Å²) in [4.78, 5) is 0. The molecule has 0 saturated carbocycles. The highest BCUT2D eigenvalue weighted by atomic mass is 14.0. The molecule has 0 fully saturated rings. The Morgan fingerprint density at radius 1 is 0.667 bits per heavy atom. The highest BCUT2D eigenvalue weighted by Gasteiger charge is 1.92. The van der Waals surface area contributed by atoms with Crippen LogP contribution >= 0.6 is 0 Å². The Kier molecular flexibility index (Phi) is 12.0. The van der Waals surface area contributed by atoms with Gasteiger partial charge in [0.05, 0.1) is 0 Å². The second kappa shape index (κ2) is 11.7. The Morgan fingerprint density at radius 2 is 0.944 bits per heavy atom. The van der Waals surface area contributed by atoms with Gasteiger partial charge in [-0.2, -0.15) is 0 Å². The van der Waals surface area contributed by atoms with Gasteiger partial charge in [-0.3, -0.25) is 0 Å². The van der Waals surface area contributed by atoms with Gasteiger partial charge in [0.25, 0.3) is 0 Å². The van der Waals surface area contributed by atoms with Crippen molar-refractivity contribution in [2.75, 3.05) is 0 Å². The minimum Gasteiger partial charge on any atom is -0.106 e. The highest BCUT2D eigenvalue weighted by Crippen LogP contribution is 2.12. The topological polar surface area (TPSA) is 0 Å². The molecule has 0 heterocycles. The first kappa shape index (κ1) is 18.5. The van der Waals surface area contributed by atoms with Crippen LogP contribution in [0.15, 0.2) is 86.1 Å². The maximum absolute atomic E-state index is 3.96. The molecule has 0 aliphatic heterocycles. The summed E-state index contributed by atoms with van der Waals surface area (Å²) in [7, 11) is 0. The summed E-state index contributed by atoms with van der Waals surface area (Å²) in [6.45, 7) is 25.9. The van der Waals surface area contributed by atoms with Gasteiger partial charge < -0.3 is 0 Å². The van der Waals surface area contributed by atoms with Gasteiger partial charge in [0.15, 0.2) is 0 Å². The molecule has 0 radical (unpaired) electrons. The average molecular weight is 242 g/mol. The number of hydrogen-bond acceptors (Lipinski definition) is 0. The molecule has 0 bridgehead atoms. The van der Waals surface area contributed by atoms with Crippen LogP contribution in [0.3, 0.4) is 0 Å². The lowest BCUT2D eigenvalue weighted by molar-refractivity contribution is 1.16. The zero-order valence-corrected chi connectivity index (χ0v) is 12.0. The van der Waals surface area contributed by atoms with Crippen molar-refractivity contribution in [3.05, 3.63) is 86.1 Å². The first-order chi connectivity index (χ1) is 8.51. The normalized spacial score (nSPS) is 9.89. The fraction of sp³-hybridized carbons (Fsp3) is 0.222. The summed E-state index contributed by atoms with van der Waals surface area (Å²) in [6.07, 6.45) is 9.78. The van der Waals surface area contributed by atoms with Crippen LogP contribution in [0.4, 0.5) is 0 Å². The van der Waals surface area contributed by atoms with Crippen molar-refractivity contribution in [2.24, 2.45) is 0 Å². The van der Waals surface area contributed by atoms with Gasteiger partial charge in [-0.05, 0) is 24.0 Å². The van der Waals surface area contributed by atoms with Crippen LogP contribution in [0.2, 0.25) is 0 Å². The highest BCUT2D eigenvalue weighted by molar-refractivity contribution is 5.45. The van der Waals surface area contributed by atoms with Crippen molar-refractivity contribution in [3.8, 4) is 0 Å². The summed E-state index contributed by atoms with van der Waals surface area (Å²) in [5.74, 6) is 0. The van der Waals surface area contributed by atoms with Gasteiger partial charge in [0.1, 0.15) is 0 Å². The van der Waals surface area contributed by atoms with E-state index in [-0.39, 0.29) is 0 Å². The second-order valence-electron chi connectivity index (χ2n) is 3.74. The molecule has 0 aliphatic rings. The van der Waals surface area contributed by atoms with E-state index in [0.717, 1.165) is 35.1 Å². The molecular weight excluding hydrogens is 216 g/mol. The molecule has 0 saturated heterocycles. The second-order valence-corrected chi connectivity index (χ2v) is 3.74. The molecule has 0 atom stereocenters. The SMILES string of the molecule is C=C.C=C(/C=C\C(=C)C(=C)/C=C\C(=C)CC)CC. The van der Waals surface area contributed by atoms with Crippen molar-refractivity contribution in [1.29, 1.82) is 0 Å². The van der Waals surface area contributed by atoms with Crippen LogP contribution in [0.25, 0.3) is 0 Å². The Hall–Kier alpha value is -1.82. The van der Waals surface area contributed by atoms with Crippen molar-refractivity contribution in [1.82, 2.24) is 0 Å². The predicted octanol–water partition coefficient (Wildman–Crippen LogP) is 5.95. The molecule has 98 valence electrons. The van der Waals surface area contributed by atoms with Gasteiger partial charge in [0, 0.05) is 0 Å². The van der Waals surface area contributed by atoms with Crippen LogP contribution in [0.1, 0.15) is 26.7 Å². The molecule has 0 rings (SSSR count). The van der Waals surface area contributed by atoms with Crippen LogP contribution in [-0.4, -0.2) is 0 Å². The maximum Gasteiger partial charge on any atom is -0.0262 e. The molecule has 0 heteroatoms. The average Bonchev–Trinajstić information content (AvgIpc) is 2.43. The lowest BCUT2D eigenvalue weighted by Crippen LogP contribution is -1.80. The zero-order valence-electron chi connectivity index (χ0n) is 12.0. The summed E-state index contributed by atoms with van der Waals surface area (Å²) in [5, 5.41) is 0. The molecular formula is C18H26. The van der Waals surface area contributed by atoms with Crippen molar-refractivity contribution in [3.63, 3.8) is 0 Å². The first-order valence-corrected chi connectivity index (χ1v) is 6.11. The van der Waals surface area contributed by atoms with Gasteiger partial charge in [-0.15, -0.1) is 13.2 Å². The molecule has 0 spiro atoms. The molecule has 0 aromatic rings. The third kappa shape index (κ3) is 9.41. The fourth-order valence-corrected chi connectivity index (χ4v) is 0.887. The van der Waals surface area contributed by atoms with Gasteiger partial charge in [0.2, 0.25) is 0 Å². The third-order valence-corrected chi connectivity index (χ3v) is 2.36. The molecule has 0 amide bonds. The van der Waals surface area contributed by atoms with Crippen molar-refractivity contribution >= 4 is 0 Å². The quantitative estimate of drug-likeness (QED) is 0.382. The Bertz CT molecular complexity index is 325. The monoisotopic (exact) mass is 242 g/mol. The van der Waals surface area contributed by atoms with E-state index in [4.69, 9.17) is 0 Å². The van der Waals surface area contributed by atoms with Crippen molar-refractivity contribution < 1.29 is 0 Å². The summed E-state index contributed by atoms with van der Waals surface area (Å²) < 4.78 is 0. The van der Waals surface area contributed by atoms with Gasteiger partial charge >= 0.3 is 0 Å². The number of hydrogen-bond donors (Lipinski definition) is 0. The van der Waals surface area contributed by atoms with E-state index in [1.165, 1.54) is 0 Å². The maximum atomic E-state index is 3.96. The smallest absolute Gasteiger partial charge is 0.0262 e. The molecule has 18 heavy (non-hydrogen) atoms. The van der Waals surface area contributed by atoms with Crippen LogP contribution in [0.5, 0.6) is 0 Å². The van der Waals surface area contributed by atoms with Gasteiger partial charge in [-0.25, -0.2) is 0 Å². The van der Waals surface area contributed by atoms with E-state index in [9.17, 15) is 0 Å². The summed E-state index contributed by atoms with van der Waals surface area (Å²) in [5.41, 5.74) is 4.01. The van der Waals surface area contributed by atoms with E-state index in [0.29, 0.717) is 0 Å². The van der Waals surface area contributed by atoms with E-state index in [1.54, 1.807) is 0 Å². The molecule has 0 aliphatic carbocycles. The lowest BCUT2D eigenvalue weighted by Gasteiger charge is -2.00. The van der Waals surface area contributed by atoms with Crippen LogP contribution in [-0.2, 0) is 0 Å². The lowest BCUT2D eigenvalue weighted by atomic mass is 10.1. The van der Waals surface area contributed by atoms with Crippen molar-refractivity contribution in [2.45, 2.75) is 26.7 Å². The molecule has 0 unspecified atom stereocenters. The Labute approximate surface area is 113 Å². The van der Waals surface area contributed by atoms with E-state index < -0.39 is 0 Å². The molecule has 0 nitrogen and oxygen atoms in total. The largest absolute Gasteiger partial charge is 0.106 e. The molecule has 0 aromatic carbocycles. The van der Waals surface area contributed by atoms with Gasteiger partial charge in [-0.1, -0.05) is 75.6 Å². The van der Waals surface area contributed by atoms with E-state index in [2.05, 4.69) is 53.3 Å². The zero-order chi connectivity index (χ0) is 14.6. The summed E-state index contributed by atoms with van der Waals surface area (Å²) in [6, 6.07) is 0. The standard InChI is InChI=1S/C16H22.C2H4/c1-7-13(3)9-11-15(5)16(6)12-10-14(4)8-2;1-2/h9-12H,3-8H2,1-2H3;1-2H2/b11-9-,12-10-;. The first-order valence-electron chi connectivity index (χ1n) is 6.11. The van der Waals surface area contributed by atoms with Crippen LogP contribution < -0.4 is 0 Å². The fourth-order valence-electron chi connectivity index (χ4n) is 0.887. The van der Waals surface area contributed by atoms with Crippen LogP contribution in [0, 0.1) is 0 Å². The number of rotatable bonds is 7. The minimum atomic E-state index is 0.912. The molecule has 0 aromatic heterocycles. The third-order valence-electron chi connectivity index (χ3n) is 2.36. The minimum absolute atomic E-state index is 0.912. The number of allylic oxidation sites excluding steroid dienone is 8. The predicted molar refractivity (Wildman–Crippen MR) is 86.7 cm³/mol. The Balaban J connectivity index is 0. The summed E-state index contributed by atoms with van der Waals surface area (Å²) >= 11 is 0. The van der Waals surface area contributed by atoms with E-state index in [1.807, 2.05) is 24.3 Å². The van der Waals surface area contributed by atoms with E-state index >= 15 is 0 Å². The molecule has 0 N–H and O–H groups in total. The Morgan fingerprint density at radius 3 is 1.17 bits per heavy atom.